The second-order valence-corrected chi connectivity index (χ2v) is 5.90. The van der Waals surface area contributed by atoms with Crippen LogP contribution in [-0.2, 0) is 4.74 Å². The first-order valence-corrected chi connectivity index (χ1v) is 7.42. The minimum atomic E-state index is -0.365. The van der Waals surface area contributed by atoms with Crippen LogP contribution in [0.3, 0.4) is 0 Å². The Balaban J connectivity index is 1.77. The minimum Gasteiger partial charge on any atom is -0.465 e. The van der Waals surface area contributed by atoms with Crippen LogP contribution >= 0.6 is 0 Å². The SMILES string of the molecule is COC(=O)c1ccc(N2CC3(CCCCC3)NC2=O)cc1. The fraction of sp³-hybridized carbons (Fsp3) is 0.500. The zero-order valence-corrected chi connectivity index (χ0v) is 12.2. The van der Waals surface area contributed by atoms with Crippen LogP contribution in [0.4, 0.5) is 10.5 Å². The number of anilines is 1. The monoisotopic (exact) mass is 288 g/mol. The molecule has 0 aromatic heterocycles. The molecule has 1 N–H and O–H groups in total. The smallest absolute Gasteiger partial charge is 0.337 e. The molecular formula is C16H20N2O3. The number of esters is 1. The Morgan fingerprint density at radius 2 is 1.86 bits per heavy atom. The van der Waals surface area contributed by atoms with Crippen LogP contribution in [0.25, 0.3) is 0 Å². The van der Waals surface area contributed by atoms with Gasteiger partial charge in [0.1, 0.15) is 0 Å². The molecule has 0 unspecified atom stereocenters. The summed E-state index contributed by atoms with van der Waals surface area (Å²) in [6, 6.07) is 6.95. The third-order valence-electron chi connectivity index (χ3n) is 4.49. The van der Waals surface area contributed by atoms with Crippen molar-refractivity contribution in [3.05, 3.63) is 29.8 Å². The largest absolute Gasteiger partial charge is 0.465 e. The molecule has 1 aliphatic carbocycles. The molecule has 1 spiro atoms. The first-order valence-electron chi connectivity index (χ1n) is 7.42. The molecule has 5 nitrogen and oxygen atoms in total. The number of carbonyl (C=O) groups excluding carboxylic acids is 2. The third kappa shape index (κ3) is 2.60. The maximum Gasteiger partial charge on any atom is 0.337 e. The van der Waals surface area contributed by atoms with E-state index in [-0.39, 0.29) is 17.5 Å². The molecule has 21 heavy (non-hydrogen) atoms. The Labute approximate surface area is 124 Å². The highest BCUT2D eigenvalue weighted by Crippen LogP contribution is 2.34. The first-order chi connectivity index (χ1) is 10.1. The van der Waals surface area contributed by atoms with Gasteiger partial charge < -0.3 is 10.1 Å². The number of benzene rings is 1. The van der Waals surface area contributed by atoms with Crippen molar-refractivity contribution >= 4 is 17.7 Å². The van der Waals surface area contributed by atoms with E-state index >= 15 is 0 Å². The van der Waals surface area contributed by atoms with Gasteiger partial charge in [-0.1, -0.05) is 19.3 Å². The molecule has 112 valence electrons. The van der Waals surface area contributed by atoms with E-state index in [0.29, 0.717) is 12.1 Å². The van der Waals surface area contributed by atoms with E-state index in [4.69, 9.17) is 0 Å². The predicted molar refractivity (Wildman–Crippen MR) is 79.5 cm³/mol. The van der Waals surface area contributed by atoms with E-state index < -0.39 is 0 Å². The highest BCUT2D eigenvalue weighted by Gasteiger charge is 2.43. The molecule has 0 radical (unpaired) electrons. The van der Waals surface area contributed by atoms with Gasteiger partial charge in [0.25, 0.3) is 0 Å². The van der Waals surface area contributed by atoms with E-state index in [9.17, 15) is 9.59 Å². The van der Waals surface area contributed by atoms with Gasteiger partial charge in [-0.15, -0.1) is 0 Å². The van der Waals surface area contributed by atoms with Crippen LogP contribution in [0.5, 0.6) is 0 Å². The molecule has 1 aliphatic heterocycles. The normalized spacial score (nSPS) is 20.4. The van der Waals surface area contributed by atoms with Gasteiger partial charge in [-0.25, -0.2) is 9.59 Å². The maximum atomic E-state index is 12.2. The zero-order chi connectivity index (χ0) is 14.9. The molecule has 0 atom stereocenters. The second-order valence-electron chi connectivity index (χ2n) is 5.90. The Morgan fingerprint density at radius 1 is 1.19 bits per heavy atom. The Bertz CT molecular complexity index is 547. The highest BCUT2D eigenvalue weighted by molar-refractivity contribution is 5.96. The summed E-state index contributed by atoms with van der Waals surface area (Å²) in [6.45, 7) is 0.712. The van der Waals surface area contributed by atoms with Crippen molar-refractivity contribution in [1.82, 2.24) is 5.32 Å². The fourth-order valence-electron chi connectivity index (χ4n) is 3.32. The van der Waals surface area contributed by atoms with Crippen LogP contribution in [-0.4, -0.2) is 31.2 Å². The van der Waals surface area contributed by atoms with Gasteiger partial charge in [-0.05, 0) is 37.1 Å². The van der Waals surface area contributed by atoms with E-state index in [2.05, 4.69) is 10.1 Å². The molecule has 1 aromatic carbocycles. The minimum absolute atomic E-state index is 0.0391. The number of hydrogen-bond donors (Lipinski definition) is 1. The van der Waals surface area contributed by atoms with Crippen molar-refractivity contribution in [3.8, 4) is 0 Å². The van der Waals surface area contributed by atoms with Crippen LogP contribution in [0.15, 0.2) is 24.3 Å². The second kappa shape index (κ2) is 5.39. The first kappa shape index (κ1) is 13.9. The summed E-state index contributed by atoms with van der Waals surface area (Å²) in [7, 11) is 1.36. The zero-order valence-electron chi connectivity index (χ0n) is 12.2. The van der Waals surface area contributed by atoms with Crippen LogP contribution in [0.2, 0.25) is 0 Å². The van der Waals surface area contributed by atoms with Crippen molar-refractivity contribution in [2.45, 2.75) is 37.6 Å². The van der Waals surface area contributed by atoms with Crippen molar-refractivity contribution in [2.24, 2.45) is 0 Å². The molecule has 3 rings (SSSR count). The predicted octanol–water partition coefficient (Wildman–Crippen LogP) is 2.71. The average molecular weight is 288 g/mol. The summed E-state index contributed by atoms with van der Waals surface area (Å²) in [5.74, 6) is -0.365. The van der Waals surface area contributed by atoms with Crippen LogP contribution < -0.4 is 10.2 Å². The molecule has 2 aliphatic rings. The van der Waals surface area contributed by atoms with Gasteiger partial charge in [-0.2, -0.15) is 0 Å². The summed E-state index contributed by atoms with van der Waals surface area (Å²) in [4.78, 5) is 25.5. The lowest BCUT2D eigenvalue weighted by molar-refractivity contribution is 0.0600. The summed E-state index contributed by atoms with van der Waals surface area (Å²) in [5, 5.41) is 3.16. The third-order valence-corrected chi connectivity index (χ3v) is 4.49. The molecule has 5 heteroatoms. The van der Waals surface area contributed by atoms with E-state index in [1.54, 1.807) is 29.2 Å². The standard InChI is InChI=1S/C16H20N2O3/c1-21-14(19)12-5-7-13(8-6-12)18-11-16(17-15(18)20)9-3-2-4-10-16/h5-8H,2-4,9-11H2,1H3,(H,17,20). The van der Waals surface area contributed by atoms with Gasteiger partial charge >= 0.3 is 12.0 Å². The molecule has 1 aromatic rings. The molecule has 2 amide bonds. The number of ether oxygens (including phenoxy) is 1. The van der Waals surface area contributed by atoms with Gasteiger partial charge in [0.05, 0.1) is 24.8 Å². The molecule has 1 heterocycles. The molecule has 0 bridgehead atoms. The number of methoxy groups -OCH3 is 1. The van der Waals surface area contributed by atoms with Crippen LogP contribution in [0, 0.1) is 0 Å². The number of hydrogen-bond acceptors (Lipinski definition) is 3. The van der Waals surface area contributed by atoms with Crippen molar-refractivity contribution < 1.29 is 14.3 Å². The van der Waals surface area contributed by atoms with Gasteiger partial charge in [0.15, 0.2) is 0 Å². The summed E-state index contributed by atoms with van der Waals surface area (Å²) >= 11 is 0. The van der Waals surface area contributed by atoms with Gasteiger partial charge in [0, 0.05) is 5.69 Å². The lowest BCUT2D eigenvalue weighted by atomic mass is 9.82. The topological polar surface area (TPSA) is 58.6 Å². The number of amides is 2. The lowest BCUT2D eigenvalue weighted by Gasteiger charge is -2.32. The molecule has 1 saturated heterocycles. The van der Waals surface area contributed by atoms with Crippen molar-refractivity contribution in [3.63, 3.8) is 0 Å². The summed E-state index contributed by atoms with van der Waals surface area (Å²) in [6.07, 6.45) is 5.71. The van der Waals surface area contributed by atoms with E-state index in [1.165, 1.54) is 26.4 Å². The van der Waals surface area contributed by atoms with E-state index in [0.717, 1.165) is 18.5 Å². The Morgan fingerprint density at radius 3 is 2.48 bits per heavy atom. The Hall–Kier alpha value is -2.04. The van der Waals surface area contributed by atoms with Gasteiger partial charge in [0.2, 0.25) is 0 Å². The lowest BCUT2D eigenvalue weighted by Crippen LogP contribution is -2.44. The summed E-state index contributed by atoms with van der Waals surface area (Å²) < 4.78 is 4.68. The van der Waals surface area contributed by atoms with Crippen LogP contribution in [0.1, 0.15) is 42.5 Å². The molecule has 2 fully saturated rings. The fourth-order valence-corrected chi connectivity index (χ4v) is 3.32. The molecule has 1 saturated carbocycles. The summed E-state index contributed by atoms with van der Waals surface area (Å²) in [5.41, 5.74) is 1.26. The Kier molecular flexibility index (Phi) is 3.57. The van der Waals surface area contributed by atoms with E-state index in [1.807, 2.05) is 0 Å². The number of nitrogens with zero attached hydrogens (tertiary/aromatic N) is 1. The number of carbonyl (C=O) groups is 2. The number of urea groups is 1. The van der Waals surface area contributed by atoms with Crippen molar-refractivity contribution in [2.75, 3.05) is 18.6 Å². The maximum absolute atomic E-state index is 12.2. The molecular weight excluding hydrogens is 268 g/mol. The quantitative estimate of drug-likeness (QED) is 0.851. The van der Waals surface area contributed by atoms with Crippen molar-refractivity contribution in [1.29, 1.82) is 0 Å². The average Bonchev–Trinajstić information content (AvgIpc) is 2.83. The number of nitrogens with one attached hydrogen (secondary N) is 1. The number of rotatable bonds is 2. The highest BCUT2D eigenvalue weighted by atomic mass is 16.5. The van der Waals surface area contributed by atoms with Gasteiger partial charge in [-0.3, -0.25) is 4.90 Å².